The summed E-state index contributed by atoms with van der Waals surface area (Å²) in [6.45, 7) is 3.99. The first-order valence-electron chi connectivity index (χ1n) is 12.8. The molecule has 3 heterocycles. The van der Waals surface area contributed by atoms with Crippen LogP contribution in [0.1, 0.15) is 53.6 Å². The average Bonchev–Trinajstić information content (AvgIpc) is 2.88. The number of alkyl halides is 3. The normalized spacial score (nSPS) is 18.2. The second-order valence-electron chi connectivity index (χ2n) is 10.1. The van der Waals surface area contributed by atoms with E-state index < -0.39 is 17.7 Å². The minimum atomic E-state index is -4.55. The number of hydrogen-bond acceptors (Lipinski definition) is 4. The van der Waals surface area contributed by atoms with Crippen LogP contribution in [0.4, 0.5) is 13.2 Å². The summed E-state index contributed by atoms with van der Waals surface area (Å²) in [6, 6.07) is 8.27. The first-order chi connectivity index (χ1) is 18.1. The molecule has 0 bridgehead atoms. The van der Waals surface area contributed by atoms with Gasteiger partial charge in [-0.25, -0.2) is 9.78 Å². The highest BCUT2D eigenvalue weighted by Gasteiger charge is 2.32. The monoisotopic (exact) mass is 565 g/mol. The van der Waals surface area contributed by atoms with Crippen LogP contribution in [0.5, 0.6) is 0 Å². The summed E-state index contributed by atoms with van der Waals surface area (Å²) >= 11 is 12.6. The fourth-order valence-electron chi connectivity index (χ4n) is 5.76. The Morgan fingerprint density at radius 1 is 1.03 bits per heavy atom. The summed E-state index contributed by atoms with van der Waals surface area (Å²) in [4.78, 5) is 22.0. The van der Waals surface area contributed by atoms with Gasteiger partial charge < -0.3 is 10.0 Å². The second kappa shape index (κ2) is 11.0. The van der Waals surface area contributed by atoms with Crippen LogP contribution >= 0.6 is 23.2 Å². The van der Waals surface area contributed by atoms with Crippen molar-refractivity contribution in [3.8, 4) is 11.3 Å². The predicted octanol–water partition coefficient (Wildman–Crippen LogP) is 7.38. The van der Waals surface area contributed by atoms with Gasteiger partial charge in [0.05, 0.1) is 27.4 Å². The molecule has 10 heteroatoms. The molecule has 202 valence electrons. The smallest absolute Gasteiger partial charge is 0.416 e. The molecule has 2 aromatic carbocycles. The van der Waals surface area contributed by atoms with E-state index in [0.717, 1.165) is 51.2 Å². The highest BCUT2D eigenvalue weighted by Crippen LogP contribution is 2.38. The summed E-state index contributed by atoms with van der Waals surface area (Å²) in [6.07, 6.45) is 1.07. The van der Waals surface area contributed by atoms with Crippen molar-refractivity contribution in [1.82, 2.24) is 14.8 Å². The number of piperidine rings is 2. The van der Waals surface area contributed by atoms with Crippen molar-refractivity contribution in [2.24, 2.45) is 0 Å². The number of fused-ring (bicyclic) bond motifs is 1. The Hall–Kier alpha value is -2.39. The Morgan fingerprint density at radius 2 is 1.74 bits per heavy atom. The number of aromatic carboxylic acids is 1. The fraction of sp³-hybridized carbons (Fsp3) is 0.429. The molecular formula is C28H28Cl2F3N3O2. The maximum atomic E-state index is 13.6. The van der Waals surface area contributed by atoms with Crippen LogP contribution in [0.15, 0.2) is 36.4 Å². The van der Waals surface area contributed by atoms with Gasteiger partial charge in [0.2, 0.25) is 0 Å². The minimum Gasteiger partial charge on any atom is -0.478 e. The number of aromatic nitrogens is 1. The molecule has 2 aliphatic rings. The summed E-state index contributed by atoms with van der Waals surface area (Å²) in [5.41, 5.74) is 0.0542. The maximum absolute atomic E-state index is 13.6. The van der Waals surface area contributed by atoms with Crippen LogP contribution < -0.4 is 0 Å². The van der Waals surface area contributed by atoms with Gasteiger partial charge in [0, 0.05) is 34.1 Å². The zero-order chi connectivity index (χ0) is 27.0. The molecule has 5 nitrogen and oxygen atoms in total. The van der Waals surface area contributed by atoms with Crippen molar-refractivity contribution in [2.45, 2.75) is 50.9 Å². The third kappa shape index (κ3) is 5.64. The maximum Gasteiger partial charge on any atom is 0.416 e. The summed E-state index contributed by atoms with van der Waals surface area (Å²) in [5.74, 6) is -1.21. The lowest BCUT2D eigenvalue weighted by atomic mass is 9.94. The lowest BCUT2D eigenvalue weighted by Gasteiger charge is -2.40. The predicted molar refractivity (Wildman–Crippen MR) is 143 cm³/mol. The standard InChI is InChI=1S/C28H28Cl2F3N3O2/c29-19-14-21-24(27(37)38)22(16-35-11-7-20(8-12-35)36-9-2-1-3-10-36)25(34-26(21)23(30)15-19)17-5-4-6-18(13-17)28(31,32)33/h4-6,13-15,20H,1-3,7-12,16H2,(H,37,38). The number of pyridine rings is 1. The average molecular weight is 566 g/mol. The van der Waals surface area contributed by atoms with E-state index >= 15 is 0 Å². The van der Waals surface area contributed by atoms with Crippen molar-refractivity contribution in [3.63, 3.8) is 0 Å². The lowest BCUT2D eigenvalue weighted by molar-refractivity contribution is -0.137. The SMILES string of the molecule is O=C(O)c1c(CN2CCC(N3CCCCC3)CC2)c(-c2cccc(C(F)(F)F)c2)nc2c(Cl)cc(Cl)cc12. The zero-order valence-electron chi connectivity index (χ0n) is 20.7. The second-order valence-corrected chi connectivity index (χ2v) is 10.9. The van der Waals surface area contributed by atoms with E-state index in [0.29, 0.717) is 11.6 Å². The van der Waals surface area contributed by atoms with Crippen molar-refractivity contribution >= 4 is 40.1 Å². The van der Waals surface area contributed by atoms with Gasteiger partial charge in [0.15, 0.2) is 0 Å². The van der Waals surface area contributed by atoms with Gasteiger partial charge in [-0.05, 0) is 76.1 Å². The molecule has 0 aliphatic carbocycles. The Balaban J connectivity index is 1.58. The molecule has 0 saturated carbocycles. The van der Waals surface area contributed by atoms with Crippen molar-refractivity contribution in [3.05, 3.63) is 63.1 Å². The van der Waals surface area contributed by atoms with Gasteiger partial charge in [0.25, 0.3) is 0 Å². The largest absolute Gasteiger partial charge is 0.478 e. The highest BCUT2D eigenvalue weighted by molar-refractivity contribution is 6.38. The third-order valence-electron chi connectivity index (χ3n) is 7.63. The lowest BCUT2D eigenvalue weighted by Crippen LogP contribution is -2.46. The molecule has 0 amide bonds. The molecule has 3 aromatic rings. The van der Waals surface area contributed by atoms with Crippen molar-refractivity contribution in [1.29, 1.82) is 0 Å². The first kappa shape index (κ1) is 27.2. The molecule has 5 rings (SSSR count). The summed E-state index contributed by atoms with van der Waals surface area (Å²) in [5, 5.41) is 11.0. The number of carboxylic acid groups (broad SMARTS) is 1. The number of likely N-dealkylation sites (tertiary alicyclic amines) is 2. The number of nitrogens with zero attached hydrogens (tertiary/aromatic N) is 3. The number of hydrogen-bond donors (Lipinski definition) is 1. The number of benzene rings is 2. The Kier molecular flexibility index (Phi) is 7.87. The van der Waals surface area contributed by atoms with E-state index in [4.69, 9.17) is 23.2 Å². The molecule has 2 fully saturated rings. The Labute approximate surface area is 229 Å². The van der Waals surface area contributed by atoms with Gasteiger partial charge in [-0.3, -0.25) is 4.90 Å². The highest BCUT2D eigenvalue weighted by atomic mass is 35.5. The zero-order valence-corrected chi connectivity index (χ0v) is 22.2. The van der Waals surface area contributed by atoms with Crippen LogP contribution in [-0.4, -0.2) is 58.1 Å². The topological polar surface area (TPSA) is 56.7 Å². The van der Waals surface area contributed by atoms with Crippen LogP contribution in [0.2, 0.25) is 10.0 Å². The van der Waals surface area contributed by atoms with Crippen LogP contribution in [0.25, 0.3) is 22.2 Å². The number of carboxylic acids is 1. The van der Waals surface area contributed by atoms with Gasteiger partial charge in [-0.2, -0.15) is 13.2 Å². The Bertz CT molecular complexity index is 1350. The number of halogens is 5. The molecule has 0 atom stereocenters. The van der Waals surface area contributed by atoms with E-state index in [1.165, 1.54) is 43.5 Å². The van der Waals surface area contributed by atoms with Crippen LogP contribution in [0, 0.1) is 0 Å². The van der Waals surface area contributed by atoms with Gasteiger partial charge in [-0.15, -0.1) is 0 Å². The first-order valence-corrected chi connectivity index (χ1v) is 13.6. The summed E-state index contributed by atoms with van der Waals surface area (Å²) < 4.78 is 40.7. The molecule has 1 aromatic heterocycles. The quantitative estimate of drug-likeness (QED) is 0.350. The molecule has 0 spiro atoms. The van der Waals surface area contributed by atoms with E-state index in [1.807, 2.05) is 0 Å². The molecule has 1 N–H and O–H groups in total. The molecule has 0 unspecified atom stereocenters. The fourth-order valence-corrected chi connectivity index (χ4v) is 6.30. The molecular weight excluding hydrogens is 538 g/mol. The van der Waals surface area contributed by atoms with E-state index in [1.54, 1.807) is 0 Å². The number of rotatable bonds is 5. The Morgan fingerprint density at radius 3 is 2.39 bits per heavy atom. The van der Waals surface area contributed by atoms with Gasteiger partial charge >= 0.3 is 12.1 Å². The molecule has 2 aliphatic heterocycles. The van der Waals surface area contributed by atoms with Gasteiger partial charge in [0.1, 0.15) is 0 Å². The van der Waals surface area contributed by atoms with Crippen LogP contribution in [-0.2, 0) is 12.7 Å². The van der Waals surface area contributed by atoms with E-state index in [-0.39, 0.29) is 44.3 Å². The third-order valence-corrected chi connectivity index (χ3v) is 8.14. The summed E-state index contributed by atoms with van der Waals surface area (Å²) in [7, 11) is 0. The van der Waals surface area contributed by atoms with E-state index in [9.17, 15) is 23.1 Å². The number of carbonyl (C=O) groups is 1. The van der Waals surface area contributed by atoms with Crippen LogP contribution in [0.3, 0.4) is 0 Å². The van der Waals surface area contributed by atoms with Crippen molar-refractivity contribution in [2.75, 3.05) is 26.2 Å². The molecule has 38 heavy (non-hydrogen) atoms. The minimum absolute atomic E-state index is 0.0371. The van der Waals surface area contributed by atoms with Gasteiger partial charge in [-0.1, -0.05) is 41.8 Å². The van der Waals surface area contributed by atoms with E-state index in [2.05, 4.69) is 14.8 Å². The van der Waals surface area contributed by atoms with Crippen molar-refractivity contribution < 1.29 is 23.1 Å². The molecule has 0 radical (unpaired) electrons. The molecule has 2 saturated heterocycles.